The normalized spacial score (nSPS) is 11.4. The molecule has 0 radical (unpaired) electrons. The highest BCUT2D eigenvalue weighted by atomic mass is 32.2. The van der Waals surface area contributed by atoms with E-state index in [-0.39, 0.29) is 11.3 Å². The zero-order valence-electron chi connectivity index (χ0n) is 16.6. The molecule has 3 N–H and O–H groups in total. The molecule has 2 aromatic rings. The van der Waals surface area contributed by atoms with E-state index in [0.717, 1.165) is 34.2 Å². The van der Waals surface area contributed by atoms with Crippen molar-refractivity contribution >= 4 is 46.8 Å². The van der Waals surface area contributed by atoms with Gasteiger partial charge in [0.05, 0.1) is 11.4 Å². The Morgan fingerprint density at radius 1 is 1.11 bits per heavy atom. The number of hydrogen-bond acceptors (Lipinski definition) is 5. The van der Waals surface area contributed by atoms with E-state index in [2.05, 4.69) is 48.0 Å². The van der Waals surface area contributed by atoms with Crippen molar-refractivity contribution < 1.29 is 4.79 Å². The number of nitrogens with one attached hydrogen (secondary N) is 3. The largest absolute Gasteiger partial charge is 0.384 e. The first kappa shape index (κ1) is 20.8. The molecule has 0 aromatic heterocycles. The van der Waals surface area contributed by atoms with Gasteiger partial charge in [-0.1, -0.05) is 20.8 Å². The third-order valence-corrected chi connectivity index (χ3v) is 4.26. The highest BCUT2D eigenvalue weighted by Gasteiger charge is 2.08. The van der Waals surface area contributed by atoms with Crippen molar-refractivity contribution in [2.24, 2.45) is 10.4 Å². The molecule has 144 valence electrons. The number of carbonyl (C=O) groups excluding carboxylic acids is 1. The van der Waals surface area contributed by atoms with Crippen LogP contribution in [0.2, 0.25) is 0 Å². The Bertz CT molecular complexity index is 795. The summed E-state index contributed by atoms with van der Waals surface area (Å²) in [5.74, 6) is -0.0716. The number of aliphatic imine (C=N–C) groups is 1. The summed E-state index contributed by atoms with van der Waals surface area (Å²) in [6.07, 6.45) is 1.97. The lowest BCUT2D eigenvalue weighted by Gasteiger charge is -2.14. The molecule has 0 spiro atoms. The van der Waals surface area contributed by atoms with E-state index in [0.29, 0.717) is 0 Å². The monoisotopic (exact) mass is 384 g/mol. The summed E-state index contributed by atoms with van der Waals surface area (Å²) in [6, 6.07) is 13.8. The first-order valence-electron chi connectivity index (χ1n) is 9.00. The first-order valence-corrected chi connectivity index (χ1v) is 9.82. The van der Waals surface area contributed by atoms with Crippen molar-refractivity contribution in [2.75, 3.05) is 21.9 Å². The molecule has 2 rings (SSSR count). The Morgan fingerprint density at radius 3 is 2.37 bits per heavy atom. The molecular weight excluding hydrogens is 356 g/mol. The van der Waals surface area contributed by atoms with Gasteiger partial charge in [-0.25, -0.2) is 0 Å². The number of carbonyl (C=O) groups is 1. The van der Waals surface area contributed by atoms with E-state index in [1.165, 1.54) is 18.9 Å². The molecule has 0 unspecified atom stereocenters. The second-order valence-corrected chi connectivity index (χ2v) is 8.18. The highest BCUT2D eigenvalue weighted by Crippen LogP contribution is 2.31. The van der Waals surface area contributed by atoms with Crippen LogP contribution in [0, 0.1) is 5.41 Å². The Hall–Kier alpha value is -2.47. The molecule has 0 saturated carbocycles. The predicted molar refractivity (Wildman–Crippen MR) is 118 cm³/mol. The zero-order chi connectivity index (χ0) is 19.9. The highest BCUT2D eigenvalue weighted by molar-refractivity contribution is 8.00. The maximum atomic E-state index is 11.1. The molecule has 0 heterocycles. The van der Waals surface area contributed by atoms with Crippen LogP contribution in [-0.4, -0.2) is 18.7 Å². The summed E-state index contributed by atoms with van der Waals surface area (Å²) >= 11 is 1.52. The SMILES string of the molecule is CCNc1ccc(NSc2ccc(NC(C)=O)cc2)cc1N=CC(C)(C)C. The summed E-state index contributed by atoms with van der Waals surface area (Å²) in [5.41, 5.74) is 3.73. The number of anilines is 3. The second-order valence-electron chi connectivity index (χ2n) is 7.30. The van der Waals surface area contributed by atoms with Gasteiger partial charge in [-0.2, -0.15) is 0 Å². The fraction of sp³-hybridized carbons (Fsp3) is 0.333. The maximum Gasteiger partial charge on any atom is 0.221 e. The maximum absolute atomic E-state index is 11.1. The number of rotatable bonds is 7. The Labute approximate surface area is 166 Å². The number of nitrogens with zero attached hydrogens (tertiary/aromatic N) is 1. The average molecular weight is 385 g/mol. The van der Waals surface area contributed by atoms with Crippen molar-refractivity contribution in [1.82, 2.24) is 0 Å². The lowest BCUT2D eigenvalue weighted by molar-refractivity contribution is -0.114. The van der Waals surface area contributed by atoms with Crippen LogP contribution in [0.25, 0.3) is 0 Å². The van der Waals surface area contributed by atoms with Crippen LogP contribution >= 0.6 is 11.9 Å². The third kappa shape index (κ3) is 7.35. The molecule has 0 aliphatic rings. The van der Waals surface area contributed by atoms with Crippen LogP contribution < -0.4 is 15.4 Å². The predicted octanol–water partition coefficient (Wildman–Crippen LogP) is 5.94. The molecule has 6 heteroatoms. The van der Waals surface area contributed by atoms with Gasteiger partial charge >= 0.3 is 0 Å². The number of amides is 1. The lowest BCUT2D eigenvalue weighted by atomic mass is 9.99. The summed E-state index contributed by atoms with van der Waals surface area (Å²) in [7, 11) is 0. The van der Waals surface area contributed by atoms with E-state index in [1.807, 2.05) is 48.7 Å². The van der Waals surface area contributed by atoms with Gasteiger partial charge in [-0.15, -0.1) is 0 Å². The van der Waals surface area contributed by atoms with Crippen molar-refractivity contribution in [1.29, 1.82) is 0 Å². The van der Waals surface area contributed by atoms with E-state index < -0.39 is 0 Å². The van der Waals surface area contributed by atoms with E-state index in [9.17, 15) is 4.79 Å². The zero-order valence-corrected chi connectivity index (χ0v) is 17.4. The summed E-state index contributed by atoms with van der Waals surface area (Å²) in [4.78, 5) is 16.8. The first-order chi connectivity index (χ1) is 12.8. The number of hydrogen-bond donors (Lipinski definition) is 3. The second kappa shape index (κ2) is 9.46. The van der Waals surface area contributed by atoms with Gasteiger partial charge in [0.15, 0.2) is 0 Å². The molecule has 2 aromatic carbocycles. The van der Waals surface area contributed by atoms with Crippen molar-refractivity contribution in [3.63, 3.8) is 0 Å². The molecule has 0 fully saturated rings. The van der Waals surface area contributed by atoms with E-state index in [4.69, 9.17) is 0 Å². The average Bonchev–Trinajstić information content (AvgIpc) is 2.60. The van der Waals surface area contributed by atoms with Gasteiger partial charge in [-0.05, 0) is 66.8 Å². The topological polar surface area (TPSA) is 65.5 Å². The van der Waals surface area contributed by atoms with Crippen molar-refractivity contribution in [3.8, 4) is 0 Å². The van der Waals surface area contributed by atoms with Crippen LogP contribution in [0.5, 0.6) is 0 Å². The molecule has 0 aliphatic heterocycles. The molecule has 0 aliphatic carbocycles. The van der Waals surface area contributed by atoms with Gasteiger partial charge in [-0.3, -0.25) is 9.79 Å². The van der Waals surface area contributed by atoms with Gasteiger partial charge in [0.2, 0.25) is 5.91 Å². The van der Waals surface area contributed by atoms with Crippen LogP contribution in [-0.2, 0) is 4.79 Å². The van der Waals surface area contributed by atoms with Crippen LogP contribution in [0.3, 0.4) is 0 Å². The van der Waals surface area contributed by atoms with Crippen LogP contribution in [0.4, 0.5) is 22.7 Å². The molecular formula is C21H28N4OS. The Morgan fingerprint density at radius 2 is 1.78 bits per heavy atom. The minimum Gasteiger partial charge on any atom is -0.384 e. The molecule has 0 atom stereocenters. The smallest absolute Gasteiger partial charge is 0.221 e. The Kier molecular flexibility index (Phi) is 7.30. The molecule has 1 amide bonds. The van der Waals surface area contributed by atoms with E-state index >= 15 is 0 Å². The molecule has 27 heavy (non-hydrogen) atoms. The quantitative estimate of drug-likeness (QED) is 0.408. The molecule has 0 bridgehead atoms. The number of benzene rings is 2. The van der Waals surface area contributed by atoms with E-state index in [1.54, 1.807) is 0 Å². The minimum atomic E-state index is -0.0716. The standard InChI is InChI=1S/C21H28N4OS/c1-6-22-19-12-9-17(13-20(19)23-14-21(3,4)5)25-27-18-10-7-16(8-11-18)24-15(2)26/h7-14,22,25H,6H2,1-5H3,(H,24,26). The summed E-state index contributed by atoms with van der Waals surface area (Å²) in [5, 5.41) is 6.12. The lowest BCUT2D eigenvalue weighted by Crippen LogP contribution is -2.06. The fourth-order valence-electron chi connectivity index (χ4n) is 2.23. The minimum absolute atomic E-state index is 0.0251. The van der Waals surface area contributed by atoms with Gasteiger partial charge in [0, 0.05) is 36.0 Å². The van der Waals surface area contributed by atoms with Crippen LogP contribution in [0.15, 0.2) is 52.4 Å². The Balaban J connectivity index is 2.09. The van der Waals surface area contributed by atoms with Gasteiger partial charge in [0.25, 0.3) is 0 Å². The van der Waals surface area contributed by atoms with Crippen molar-refractivity contribution in [2.45, 2.75) is 39.5 Å². The fourth-order valence-corrected chi connectivity index (χ4v) is 2.87. The van der Waals surface area contributed by atoms with Gasteiger partial charge in [0.1, 0.15) is 0 Å². The molecule has 5 nitrogen and oxygen atoms in total. The van der Waals surface area contributed by atoms with Gasteiger partial charge < -0.3 is 15.4 Å². The summed E-state index contributed by atoms with van der Waals surface area (Å²) in [6.45, 7) is 10.8. The third-order valence-electron chi connectivity index (χ3n) is 3.42. The summed E-state index contributed by atoms with van der Waals surface area (Å²) < 4.78 is 3.36. The molecule has 0 saturated heterocycles. The van der Waals surface area contributed by atoms with Crippen molar-refractivity contribution in [3.05, 3.63) is 42.5 Å². The van der Waals surface area contributed by atoms with Crippen LogP contribution in [0.1, 0.15) is 34.6 Å².